The number of hydrogen-bond donors (Lipinski definition) is 3. The van der Waals surface area contributed by atoms with E-state index in [1.807, 2.05) is 6.92 Å². The molecule has 94 valence electrons. The number of nitrogens with two attached hydrogens (primary N) is 2. The molecule has 1 aromatic carbocycles. The van der Waals surface area contributed by atoms with Crippen LogP contribution in [0.4, 0.5) is 10.1 Å². The van der Waals surface area contributed by atoms with Gasteiger partial charge in [0.1, 0.15) is 5.82 Å². The summed E-state index contributed by atoms with van der Waals surface area (Å²) in [6.45, 7) is 1.97. The highest BCUT2D eigenvalue weighted by molar-refractivity contribution is 7.99. The van der Waals surface area contributed by atoms with Crippen molar-refractivity contribution < 1.29 is 9.18 Å². The maximum absolute atomic E-state index is 13.2. The molecule has 0 aliphatic rings. The molecule has 1 aromatic rings. The van der Waals surface area contributed by atoms with E-state index in [0.29, 0.717) is 12.8 Å². The van der Waals surface area contributed by atoms with Crippen LogP contribution in [0.3, 0.4) is 0 Å². The summed E-state index contributed by atoms with van der Waals surface area (Å²) in [6.07, 6.45) is 1.04. The minimum atomic E-state index is -0.415. The fraction of sp³-hybridized carbons (Fsp3) is 0.364. The van der Waals surface area contributed by atoms with E-state index in [1.165, 1.54) is 23.9 Å². The molecule has 5 N–H and O–H groups in total. The second-order valence-electron chi connectivity index (χ2n) is 3.72. The molecule has 0 saturated carbocycles. The average molecular weight is 257 g/mol. The third-order valence-electron chi connectivity index (χ3n) is 2.25. The fourth-order valence-electron chi connectivity index (χ4n) is 1.28. The molecule has 0 saturated heterocycles. The van der Waals surface area contributed by atoms with Crippen LogP contribution in [0.5, 0.6) is 0 Å². The Morgan fingerprint density at radius 1 is 1.59 bits per heavy atom. The Balaban J connectivity index is 2.47. The van der Waals surface area contributed by atoms with Gasteiger partial charge in [0.25, 0.3) is 0 Å². The minimum absolute atomic E-state index is 0.143. The van der Waals surface area contributed by atoms with Crippen LogP contribution in [-0.4, -0.2) is 11.2 Å². The van der Waals surface area contributed by atoms with Gasteiger partial charge in [0.2, 0.25) is 5.91 Å². The number of nitrogens with one attached hydrogen (secondary N) is 1. The quantitative estimate of drug-likeness (QED) is 0.246. The van der Waals surface area contributed by atoms with Gasteiger partial charge in [-0.1, -0.05) is 6.92 Å². The number of nitrogen functional groups attached to an aromatic ring is 1. The zero-order valence-electron chi connectivity index (χ0n) is 9.57. The minimum Gasteiger partial charge on any atom is -0.396 e. The number of amides is 1. The van der Waals surface area contributed by atoms with E-state index in [1.54, 1.807) is 6.07 Å². The predicted octanol–water partition coefficient (Wildman–Crippen LogP) is 1.66. The molecule has 0 spiro atoms. The Hall–Kier alpha value is -1.27. The Kier molecular flexibility index (Phi) is 5.24. The largest absolute Gasteiger partial charge is 0.396 e. The summed E-state index contributed by atoms with van der Waals surface area (Å²) < 4.78 is 13.2. The highest BCUT2D eigenvalue weighted by atomic mass is 32.2. The summed E-state index contributed by atoms with van der Waals surface area (Å²) in [5, 5.41) is 0.204. The Morgan fingerprint density at radius 3 is 2.88 bits per heavy atom. The van der Waals surface area contributed by atoms with Crippen molar-refractivity contribution in [2.24, 2.45) is 5.84 Å². The standard InChI is InChI=1S/C11H16FN3OS/c1-7(2-5-11(16)15-14)17-8-3-4-10(13)9(12)6-8/h3-4,6-7H,2,5,13-14H2,1H3,(H,15,16). The molecule has 0 aliphatic carbocycles. The number of benzene rings is 1. The van der Waals surface area contributed by atoms with Crippen LogP contribution in [0.25, 0.3) is 0 Å². The van der Waals surface area contributed by atoms with Gasteiger partial charge in [0.05, 0.1) is 5.69 Å². The van der Waals surface area contributed by atoms with Gasteiger partial charge >= 0.3 is 0 Å². The average Bonchev–Trinajstić information content (AvgIpc) is 2.31. The first-order valence-corrected chi connectivity index (χ1v) is 6.12. The van der Waals surface area contributed by atoms with Crippen molar-refractivity contribution in [1.82, 2.24) is 5.43 Å². The molecule has 0 aromatic heterocycles. The number of rotatable bonds is 5. The number of halogens is 1. The lowest BCUT2D eigenvalue weighted by Crippen LogP contribution is -2.30. The first-order valence-electron chi connectivity index (χ1n) is 5.24. The van der Waals surface area contributed by atoms with Gasteiger partial charge < -0.3 is 5.73 Å². The summed E-state index contributed by atoms with van der Waals surface area (Å²) in [5.41, 5.74) is 7.60. The molecule has 17 heavy (non-hydrogen) atoms. The number of hydrazine groups is 1. The molecule has 0 radical (unpaired) electrons. The number of carbonyl (C=O) groups excluding carboxylic acids is 1. The second-order valence-corrected chi connectivity index (χ2v) is 5.23. The maximum Gasteiger partial charge on any atom is 0.233 e. The van der Waals surface area contributed by atoms with Gasteiger partial charge in [0.15, 0.2) is 0 Å². The third kappa shape index (κ3) is 4.62. The van der Waals surface area contributed by atoms with Gasteiger partial charge in [-0.05, 0) is 24.6 Å². The van der Waals surface area contributed by atoms with E-state index in [9.17, 15) is 9.18 Å². The van der Waals surface area contributed by atoms with Gasteiger partial charge in [0, 0.05) is 16.6 Å². The van der Waals surface area contributed by atoms with Crippen LogP contribution in [0.2, 0.25) is 0 Å². The molecule has 0 aliphatic heterocycles. The van der Waals surface area contributed by atoms with E-state index in [2.05, 4.69) is 5.43 Å². The molecule has 6 heteroatoms. The molecule has 0 bridgehead atoms. The van der Waals surface area contributed by atoms with Crippen molar-refractivity contribution in [3.63, 3.8) is 0 Å². The number of thioether (sulfide) groups is 1. The molecular weight excluding hydrogens is 241 g/mol. The van der Waals surface area contributed by atoms with Crippen molar-refractivity contribution >= 4 is 23.4 Å². The van der Waals surface area contributed by atoms with Gasteiger partial charge in [-0.15, -0.1) is 11.8 Å². The lowest BCUT2D eigenvalue weighted by atomic mass is 10.2. The number of anilines is 1. The van der Waals surface area contributed by atoms with E-state index >= 15 is 0 Å². The topological polar surface area (TPSA) is 81.1 Å². The molecule has 4 nitrogen and oxygen atoms in total. The van der Waals surface area contributed by atoms with E-state index in [0.717, 1.165) is 4.90 Å². The van der Waals surface area contributed by atoms with E-state index in [4.69, 9.17) is 11.6 Å². The zero-order chi connectivity index (χ0) is 12.8. The first-order chi connectivity index (χ1) is 8.02. The molecule has 1 atom stereocenters. The van der Waals surface area contributed by atoms with Gasteiger partial charge in [-0.25, -0.2) is 10.2 Å². The lowest BCUT2D eigenvalue weighted by molar-refractivity contribution is -0.121. The maximum atomic E-state index is 13.2. The van der Waals surface area contributed by atoms with E-state index < -0.39 is 5.82 Å². The summed E-state index contributed by atoms with van der Waals surface area (Å²) in [7, 11) is 0. The van der Waals surface area contributed by atoms with Crippen molar-refractivity contribution in [3.8, 4) is 0 Å². The highest BCUT2D eigenvalue weighted by Gasteiger charge is 2.08. The lowest BCUT2D eigenvalue weighted by Gasteiger charge is -2.10. The SMILES string of the molecule is CC(CCC(=O)NN)Sc1ccc(N)c(F)c1. The van der Waals surface area contributed by atoms with Crippen molar-refractivity contribution in [1.29, 1.82) is 0 Å². The predicted molar refractivity (Wildman–Crippen MR) is 67.7 cm³/mol. The van der Waals surface area contributed by atoms with Crippen LogP contribution >= 0.6 is 11.8 Å². The second kappa shape index (κ2) is 6.46. The first kappa shape index (κ1) is 13.8. The summed E-state index contributed by atoms with van der Waals surface area (Å²) >= 11 is 1.50. The van der Waals surface area contributed by atoms with Crippen molar-refractivity contribution in [2.45, 2.75) is 29.9 Å². The fourth-order valence-corrected chi connectivity index (χ4v) is 2.30. The molecule has 1 rings (SSSR count). The molecular formula is C11H16FN3OS. The smallest absolute Gasteiger partial charge is 0.233 e. The number of hydrogen-bond acceptors (Lipinski definition) is 4. The molecule has 0 fully saturated rings. The zero-order valence-corrected chi connectivity index (χ0v) is 10.4. The van der Waals surface area contributed by atoms with Crippen molar-refractivity contribution in [2.75, 3.05) is 5.73 Å². The monoisotopic (exact) mass is 257 g/mol. The molecule has 0 heterocycles. The van der Waals surface area contributed by atoms with E-state index in [-0.39, 0.29) is 16.8 Å². The van der Waals surface area contributed by atoms with Gasteiger partial charge in [-0.3, -0.25) is 10.2 Å². The molecule has 1 unspecified atom stereocenters. The van der Waals surface area contributed by atoms with Crippen LogP contribution in [0, 0.1) is 5.82 Å². The Bertz CT molecular complexity index is 400. The van der Waals surface area contributed by atoms with Crippen molar-refractivity contribution in [3.05, 3.63) is 24.0 Å². The highest BCUT2D eigenvalue weighted by Crippen LogP contribution is 2.27. The normalized spacial score (nSPS) is 12.2. The summed E-state index contributed by atoms with van der Waals surface area (Å²) in [6, 6.07) is 4.71. The van der Waals surface area contributed by atoms with Crippen LogP contribution in [0.15, 0.2) is 23.1 Å². The van der Waals surface area contributed by atoms with Crippen LogP contribution in [0.1, 0.15) is 19.8 Å². The Morgan fingerprint density at radius 2 is 2.29 bits per heavy atom. The van der Waals surface area contributed by atoms with Crippen LogP contribution in [-0.2, 0) is 4.79 Å². The number of carbonyl (C=O) groups is 1. The van der Waals surface area contributed by atoms with Crippen LogP contribution < -0.4 is 17.0 Å². The summed E-state index contributed by atoms with van der Waals surface area (Å²) in [5.74, 6) is 4.37. The van der Waals surface area contributed by atoms with Gasteiger partial charge in [-0.2, -0.15) is 0 Å². The Labute approximate surface area is 104 Å². The molecule has 1 amide bonds. The third-order valence-corrected chi connectivity index (χ3v) is 3.41. The summed E-state index contributed by atoms with van der Waals surface area (Å²) in [4.78, 5) is 11.7.